The van der Waals surface area contributed by atoms with E-state index in [4.69, 9.17) is 11.5 Å². The maximum atomic E-state index is 5.26. The fraction of sp³-hybridized carbons (Fsp3) is 0.385. The van der Waals surface area contributed by atoms with Crippen molar-refractivity contribution in [3.8, 4) is 0 Å². The summed E-state index contributed by atoms with van der Waals surface area (Å²) in [5.74, 6) is 0.867. The minimum Gasteiger partial charge on any atom is -0.369 e. The van der Waals surface area contributed by atoms with Crippen molar-refractivity contribution in [2.45, 2.75) is 25.2 Å². The van der Waals surface area contributed by atoms with Gasteiger partial charge in [0.2, 0.25) is 5.96 Å². The molecule has 0 aliphatic carbocycles. The van der Waals surface area contributed by atoms with Gasteiger partial charge in [-0.15, -0.1) is 5.10 Å². The second kappa shape index (κ2) is 5.08. The van der Waals surface area contributed by atoms with Gasteiger partial charge < -0.3 is 11.5 Å². The molecular formula is C13H19N5. The van der Waals surface area contributed by atoms with E-state index in [1.807, 2.05) is 6.07 Å². The standard InChI is InChI=1S/C13H19N5/c1-13(10-5-3-2-4-6-10)8-7-11(16-9-13)17-18-12(14)15/h2-6H,7-9H2,1H3,(H,16,17)(H4,14,15,18)/t13-/m1/s1. The molecule has 0 spiro atoms. The van der Waals surface area contributed by atoms with E-state index in [1.165, 1.54) is 5.56 Å². The molecule has 0 unspecified atom stereocenters. The summed E-state index contributed by atoms with van der Waals surface area (Å²) in [5, 5.41) is 3.76. The smallest absolute Gasteiger partial charge is 0.208 e. The molecule has 0 saturated heterocycles. The van der Waals surface area contributed by atoms with Crippen molar-refractivity contribution in [2.75, 3.05) is 6.54 Å². The summed E-state index contributed by atoms with van der Waals surface area (Å²) in [7, 11) is 0. The van der Waals surface area contributed by atoms with Crippen molar-refractivity contribution < 1.29 is 0 Å². The van der Waals surface area contributed by atoms with Crippen LogP contribution in [0.5, 0.6) is 0 Å². The van der Waals surface area contributed by atoms with Crippen LogP contribution in [-0.2, 0) is 5.41 Å². The van der Waals surface area contributed by atoms with Gasteiger partial charge in [-0.2, -0.15) is 0 Å². The lowest BCUT2D eigenvalue weighted by Gasteiger charge is -2.32. The zero-order valence-electron chi connectivity index (χ0n) is 10.6. The van der Waals surface area contributed by atoms with Gasteiger partial charge in [0.1, 0.15) is 5.84 Å². The molecule has 1 atom stereocenters. The Morgan fingerprint density at radius 3 is 2.61 bits per heavy atom. The van der Waals surface area contributed by atoms with Gasteiger partial charge in [0.15, 0.2) is 0 Å². The first kappa shape index (κ1) is 12.4. The molecule has 5 heteroatoms. The Balaban J connectivity index is 2.07. The van der Waals surface area contributed by atoms with Gasteiger partial charge in [-0.05, 0) is 12.0 Å². The molecule has 1 aliphatic rings. The van der Waals surface area contributed by atoms with Crippen molar-refractivity contribution >= 4 is 11.8 Å². The van der Waals surface area contributed by atoms with Gasteiger partial charge in [0, 0.05) is 11.8 Å². The molecule has 0 amide bonds. The fourth-order valence-electron chi connectivity index (χ4n) is 2.12. The van der Waals surface area contributed by atoms with Crippen LogP contribution in [0.4, 0.5) is 0 Å². The monoisotopic (exact) mass is 245 g/mol. The van der Waals surface area contributed by atoms with Crippen LogP contribution in [0.25, 0.3) is 0 Å². The van der Waals surface area contributed by atoms with Crippen molar-refractivity contribution in [3.63, 3.8) is 0 Å². The molecular weight excluding hydrogens is 226 g/mol. The highest BCUT2D eigenvalue weighted by Gasteiger charge is 2.29. The summed E-state index contributed by atoms with van der Waals surface area (Å²) >= 11 is 0. The number of nitrogens with two attached hydrogens (primary N) is 2. The molecule has 96 valence electrons. The van der Waals surface area contributed by atoms with Crippen LogP contribution in [0, 0.1) is 0 Å². The molecule has 0 aromatic heterocycles. The Labute approximate surface area is 107 Å². The summed E-state index contributed by atoms with van der Waals surface area (Å²) in [4.78, 5) is 4.52. The van der Waals surface area contributed by atoms with Gasteiger partial charge in [-0.3, -0.25) is 10.4 Å². The van der Waals surface area contributed by atoms with Gasteiger partial charge >= 0.3 is 0 Å². The number of guanidine groups is 1. The van der Waals surface area contributed by atoms with Crippen LogP contribution >= 0.6 is 0 Å². The third-order valence-corrected chi connectivity index (χ3v) is 3.32. The minimum atomic E-state index is 0.0223. The number of amidine groups is 1. The number of aliphatic imine (C=N–C) groups is 1. The van der Waals surface area contributed by atoms with Crippen LogP contribution in [0.1, 0.15) is 25.3 Å². The first-order valence-electron chi connectivity index (χ1n) is 6.04. The zero-order chi connectivity index (χ0) is 13.0. The van der Waals surface area contributed by atoms with E-state index in [-0.39, 0.29) is 11.4 Å². The van der Waals surface area contributed by atoms with E-state index >= 15 is 0 Å². The maximum absolute atomic E-state index is 5.26. The molecule has 1 heterocycles. The quantitative estimate of drug-likeness (QED) is 0.411. The Kier molecular flexibility index (Phi) is 3.50. The molecule has 5 nitrogen and oxygen atoms in total. The highest BCUT2D eigenvalue weighted by molar-refractivity contribution is 5.85. The Morgan fingerprint density at radius 1 is 1.33 bits per heavy atom. The number of benzene rings is 1. The van der Waals surface area contributed by atoms with E-state index in [2.05, 4.69) is 46.7 Å². The summed E-state index contributed by atoms with van der Waals surface area (Å²) in [6.07, 6.45) is 1.88. The fourth-order valence-corrected chi connectivity index (χ4v) is 2.12. The Morgan fingerprint density at radius 2 is 2.06 bits per heavy atom. The molecule has 0 bridgehead atoms. The van der Waals surface area contributed by atoms with Gasteiger partial charge in [0.05, 0.1) is 6.54 Å². The number of nitrogens with one attached hydrogen (secondary N) is 1. The van der Waals surface area contributed by atoms with Crippen LogP contribution in [0.15, 0.2) is 40.4 Å². The molecule has 0 saturated carbocycles. The van der Waals surface area contributed by atoms with Gasteiger partial charge in [-0.1, -0.05) is 37.3 Å². The topological polar surface area (TPSA) is 88.8 Å². The van der Waals surface area contributed by atoms with Crippen LogP contribution < -0.4 is 16.9 Å². The zero-order valence-corrected chi connectivity index (χ0v) is 10.6. The first-order valence-corrected chi connectivity index (χ1v) is 6.04. The Bertz CT molecular complexity index is 462. The molecule has 0 fully saturated rings. The average molecular weight is 245 g/mol. The van der Waals surface area contributed by atoms with E-state index in [0.29, 0.717) is 0 Å². The molecule has 2 rings (SSSR count). The molecule has 0 radical (unpaired) electrons. The van der Waals surface area contributed by atoms with E-state index in [0.717, 1.165) is 25.2 Å². The number of rotatable bonds is 2. The molecule has 5 N–H and O–H groups in total. The number of nitrogens with zero attached hydrogens (tertiary/aromatic N) is 2. The summed E-state index contributed by atoms with van der Waals surface area (Å²) in [5.41, 5.74) is 14.8. The maximum Gasteiger partial charge on any atom is 0.208 e. The molecule has 1 aromatic carbocycles. The van der Waals surface area contributed by atoms with Crippen molar-refractivity contribution in [1.29, 1.82) is 0 Å². The van der Waals surface area contributed by atoms with E-state index in [1.54, 1.807) is 0 Å². The second-order valence-corrected chi connectivity index (χ2v) is 4.84. The molecule has 1 aromatic rings. The third kappa shape index (κ3) is 2.80. The normalized spacial score (nSPS) is 23.1. The van der Waals surface area contributed by atoms with Crippen LogP contribution in [0.3, 0.4) is 0 Å². The van der Waals surface area contributed by atoms with E-state index in [9.17, 15) is 0 Å². The number of hydrazone groups is 1. The number of hydrogen-bond acceptors (Lipinski definition) is 3. The van der Waals surface area contributed by atoms with Crippen LogP contribution in [0.2, 0.25) is 0 Å². The second-order valence-electron chi connectivity index (χ2n) is 4.84. The van der Waals surface area contributed by atoms with Crippen LogP contribution in [-0.4, -0.2) is 18.3 Å². The summed E-state index contributed by atoms with van der Waals surface area (Å²) in [6, 6.07) is 10.5. The van der Waals surface area contributed by atoms with Crippen molar-refractivity contribution in [2.24, 2.45) is 21.6 Å². The summed E-state index contributed by atoms with van der Waals surface area (Å²) in [6.45, 7) is 2.99. The predicted octanol–water partition coefficient (Wildman–Crippen LogP) is 0.915. The van der Waals surface area contributed by atoms with Crippen molar-refractivity contribution in [3.05, 3.63) is 35.9 Å². The van der Waals surface area contributed by atoms with Gasteiger partial charge in [-0.25, -0.2) is 0 Å². The lowest BCUT2D eigenvalue weighted by atomic mass is 9.77. The molecule has 18 heavy (non-hydrogen) atoms. The summed E-state index contributed by atoms with van der Waals surface area (Å²) < 4.78 is 0. The molecule has 1 aliphatic heterocycles. The van der Waals surface area contributed by atoms with E-state index < -0.39 is 0 Å². The third-order valence-electron chi connectivity index (χ3n) is 3.32. The SMILES string of the molecule is C[C@@]1(c2ccccc2)CCC(NN=C(N)N)=NC1. The predicted molar refractivity (Wildman–Crippen MR) is 74.3 cm³/mol. The minimum absolute atomic E-state index is 0.0223. The highest BCUT2D eigenvalue weighted by Crippen LogP contribution is 2.31. The largest absolute Gasteiger partial charge is 0.369 e. The lowest BCUT2D eigenvalue weighted by molar-refractivity contribution is 0.435. The average Bonchev–Trinajstić information content (AvgIpc) is 2.39. The first-order chi connectivity index (χ1) is 8.60. The Hall–Kier alpha value is -2.04. The highest BCUT2D eigenvalue weighted by atomic mass is 15.4. The number of hydrogen-bond donors (Lipinski definition) is 3. The van der Waals surface area contributed by atoms with Crippen molar-refractivity contribution in [1.82, 2.24) is 5.43 Å². The van der Waals surface area contributed by atoms with Gasteiger partial charge in [0.25, 0.3) is 0 Å². The lowest BCUT2D eigenvalue weighted by Crippen LogP contribution is -2.36.